The van der Waals surface area contributed by atoms with Crippen molar-refractivity contribution >= 4 is 52.1 Å². The number of carbonyl (C=O) groups excluding carboxylic acids is 1. The Balaban J connectivity index is 1.41. The van der Waals surface area contributed by atoms with Crippen molar-refractivity contribution in [1.29, 1.82) is 0 Å². The zero-order chi connectivity index (χ0) is 23.2. The molecule has 0 bridgehead atoms. The first-order valence-electron chi connectivity index (χ1n) is 11.5. The van der Waals surface area contributed by atoms with Crippen LogP contribution in [0.4, 0.5) is 0 Å². The van der Waals surface area contributed by atoms with E-state index in [9.17, 15) is 4.79 Å². The first-order valence-corrected chi connectivity index (χ1v) is 13.2. The van der Waals surface area contributed by atoms with Crippen LogP contribution in [0.1, 0.15) is 45.9 Å². The normalized spacial score (nSPS) is 23.3. The van der Waals surface area contributed by atoms with Gasteiger partial charge in [0.15, 0.2) is 5.69 Å². The Bertz CT molecular complexity index is 1260. The van der Waals surface area contributed by atoms with Crippen molar-refractivity contribution in [2.24, 2.45) is 11.8 Å². The summed E-state index contributed by atoms with van der Waals surface area (Å²) in [6.45, 7) is 2.55. The number of nitrogens with one attached hydrogen (secondary N) is 1. The molecule has 2 atom stereocenters. The van der Waals surface area contributed by atoms with Crippen LogP contribution in [0.15, 0.2) is 35.7 Å². The summed E-state index contributed by atoms with van der Waals surface area (Å²) in [5.41, 5.74) is 6.75. The number of carbonyl (C=O) groups is 1. The number of benzene rings is 1. The minimum atomic E-state index is -0.207. The van der Waals surface area contributed by atoms with Gasteiger partial charge in [0, 0.05) is 34.1 Å². The number of ether oxygens (including phenoxy) is 1. The number of thiophene rings is 1. The van der Waals surface area contributed by atoms with Gasteiger partial charge in [0.2, 0.25) is 0 Å². The number of hydrogen-bond donors (Lipinski definition) is 1. The topological polar surface area (TPSA) is 59.4 Å². The van der Waals surface area contributed by atoms with Crippen LogP contribution in [0.25, 0.3) is 17.3 Å². The highest BCUT2D eigenvalue weighted by Crippen LogP contribution is 2.38. The van der Waals surface area contributed by atoms with E-state index in [-0.39, 0.29) is 5.91 Å². The lowest BCUT2D eigenvalue weighted by atomic mass is 10.0. The number of amides is 1. The van der Waals surface area contributed by atoms with E-state index in [0.29, 0.717) is 46.5 Å². The van der Waals surface area contributed by atoms with E-state index in [1.165, 1.54) is 19.3 Å². The summed E-state index contributed by atoms with van der Waals surface area (Å²) in [7, 11) is 0. The van der Waals surface area contributed by atoms with Gasteiger partial charge in [-0.05, 0) is 60.4 Å². The molecule has 2 aliphatic heterocycles. The highest BCUT2D eigenvalue weighted by Gasteiger charge is 2.38. The molecule has 6 nitrogen and oxygen atoms in total. The van der Waals surface area contributed by atoms with Gasteiger partial charge in [-0.2, -0.15) is 5.10 Å². The van der Waals surface area contributed by atoms with Gasteiger partial charge in [-0.3, -0.25) is 10.2 Å². The van der Waals surface area contributed by atoms with Crippen LogP contribution in [-0.2, 0) is 11.3 Å². The summed E-state index contributed by atoms with van der Waals surface area (Å²) < 4.78 is 7.68. The molecule has 1 amide bonds. The zero-order valence-electron chi connectivity index (χ0n) is 18.5. The van der Waals surface area contributed by atoms with Gasteiger partial charge in [0.25, 0.3) is 5.91 Å². The number of hydrazine groups is 1. The van der Waals surface area contributed by atoms with Crippen molar-refractivity contribution in [3.8, 4) is 5.69 Å². The predicted molar refractivity (Wildman–Crippen MR) is 135 cm³/mol. The van der Waals surface area contributed by atoms with Gasteiger partial charge in [-0.25, -0.2) is 9.69 Å². The third-order valence-corrected chi connectivity index (χ3v) is 8.35. The van der Waals surface area contributed by atoms with Crippen LogP contribution in [-0.4, -0.2) is 40.4 Å². The molecule has 0 radical (unpaired) electrons. The molecule has 2 aromatic heterocycles. The van der Waals surface area contributed by atoms with Crippen LogP contribution >= 0.6 is 34.5 Å². The molecule has 1 saturated heterocycles. The fraction of sp³-hybridized carbons (Fsp3) is 0.360. The molecule has 3 aliphatic rings. The molecule has 34 heavy (non-hydrogen) atoms. The van der Waals surface area contributed by atoms with Crippen LogP contribution in [0.2, 0.25) is 10.0 Å². The van der Waals surface area contributed by atoms with Gasteiger partial charge >= 0.3 is 0 Å². The van der Waals surface area contributed by atoms with Crippen LogP contribution < -0.4 is 5.43 Å². The van der Waals surface area contributed by atoms with Gasteiger partial charge in [-0.1, -0.05) is 35.7 Å². The lowest BCUT2D eigenvalue weighted by molar-refractivity contribution is 0.0802. The second-order valence-electron chi connectivity index (χ2n) is 9.16. The third kappa shape index (κ3) is 4.10. The number of fused-ring (bicyclic) bond motifs is 2. The lowest BCUT2D eigenvalue weighted by Gasteiger charge is -2.20. The van der Waals surface area contributed by atoms with Gasteiger partial charge < -0.3 is 4.74 Å². The van der Waals surface area contributed by atoms with Crippen molar-refractivity contribution in [2.45, 2.75) is 25.9 Å². The van der Waals surface area contributed by atoms with E-state index in [4.69, 9.17) is 33.0 Å². The maximum Gasteiger partial charge on any atom is 0.286 e. The standard InChI is InChI=1S/C25H24Cl2N4O2S/c26-18-6-7-22(21(27)10-18)31-24-17(9-19-5-2-8-34-19)13-33-14-20(24)23(28-31)25(32)29-30-11-15-3-1-4-16(15)12-30/h2,5-10,15-16H,1,3-4,11-14H2,(H,29,32)/b17-9+. The molecule has 3 aromatic rings. The van der Waals surface area contributed by atoms with Gasteiger partial charge in [0.1, 0.15) is 0 Å². The Kier molecular flexibility index (Phi) is 5.99. The van der Waals surface area contributed by atoms with Crippen LogP contribution in [0, 0.1) is 11.8 Å². The molecule has 2 unspecified atom stereocenters. The Labute approximate surface area is 212 Å². The Morgan fingerprint density at radius 2 is 2.00 bits per heavy atom. The lowest BCUT2D eigenvalue weighted by Crippen LogP contribution is -2.41. The summed E-state index contributed by atoms with van der Waals surface area (Å²) in [5, 5.41) is 9.89. The van der Waals surface area contributed by atoms with Crippen molar-refractivity contribution in [3.63, 3.8) is 0 Å². The highest BCUT2D eigenvalue weighted by molar-refractivity contribution is 7.10. The largest absolute Gasteiger partial charge is 0.372 e. The zero-order valence-corrected chi connectivity index (χ0v) is 20.8. The predicted octanol–water partition coefficient (Wildman–Crippen LogP) is 5.69. The molecule has 1 N–H and O–H groups in total. The Hall–Kier alpha value is -2.16. The minimum Gasteiger partial charge on any atom is -0.372 e. The summed E-state index contributed by atoms with van der Waals surface area (Å²) in [6, 6.07) is 9.37. The Morgan fingerprint density at radius 3 is 2.74 bits per heavy atom. The van der Waals surface area contributed by atoms with Crippen molar-refractivity contribution < 1.29 is 9.53 Å². The summed E-state index contributed by atoms with van der Waals surface area (Å²) in [4.78, 5) is 14.6. The van der Waals surface area contributed by atoms with Gasteiger partial charge in [-0.15, -0.1) is 11.3 Å². The fourth-order valence-corrected chi connectivity index (χ4v) is 6.61. The van der Waals surface area contributed by atoms with E-state index in [1.54, 1.807) is 28.2 Å². The summed E-state index contributed by atoms with van der Waals surface area (Å²) >= 11 is 14.4. The first-order chi connectivity index (χ1) is 16.6. The highest BCUT2D eigenvalue weighted by atomic mass is 35.5. The van der Waals surface area contributed by atoms with Crippen LogP contribution in [0.3, 0.4) is 0 Å². The molecule has 6 rings (SSSR count). The van der Waals surface area contributed by atoms with Gasteiger partial charge in [0.05, 0.1) is 29.6 Å². The monoisotopic (exact) mass is 514 g/mol. The Morgan fingerprint density at radius 1 is 1.18 bits per heavy atom. The van der Waals surface area contributed by atoms with E-state index >= 15 is 0 Å². The molecule has 0 spiro atoms. The van der Waals surface area contributed by atoms with Crippen molar-refractivity contribution in [1.82, 2.24) is 20.2 Å². The molecule has 1 aromatic carbocycles. The number of rotatable bonds is 4. The molecular weight excluding hydrogens is 491 g/mol. The molecular formula is C25H24Cl2N4O2S. The molecule has 2 fully saturated rings. The SMILES string of the molecule is O=C(NN1CC2CCCC2C1)c1nn(-c2ccc(Cl)cc2Cl)c2c1COC/C2=C\c1cccs1. The summed E-state index contributed by atoms with van der Waals surface area (Å²) in [6.07, 6.45) is 5.89. The minimum absolute atomic E-state index is 0.207. The molecule has 4 heterocycles. The van der Waals surface area contributed by atoms with Crippen molar-refractivity contribution in [2.75, 3.05) is 19.7 Å². The fourth-order valence-electron chi connectivity index (χ4n) is 5.44. The van der Waals surface area contributed by atoms with Crippen molar-refractivity contribution in [3.05, 3.63) is 67.6 Å². The second kappa shape index (κ2) is 9.13. The molecule has 176 valence electrons. The maximum absolute atomic E-state index is 13.4. The van der Waals surface area contributed by atoms with E-state index in [2.05, 4.69) is 22.6 Å². The second-order valence-corrected chi connectivity index (χ2v) is 11.0. The number of nitrogens with zero attached hydrogens (tertiary/aromatic N) is 3. The molecule has 1 saturated carbocycles. The first kappa shape index (κ1) is 22.3. The number of halogens is 2. The number of hydrogen-bond acceptors (Lipinski definition) is 5. The number of aromatic nitrogens is 2. The average Bonchev–Trinajstić information content (AvgIpc) is 3.58. The van der Waals surface area contributed by atoms with Crippen LogP contribution in [0.5, 0.6) is 0 Å². The quantitative estimate of drug-likeness (QED) is 0.485. The smallest absolute Gasteiger partial charge is 0.286 e. The summed E-state index contributed by atoms with van der Waals surface area (Å²) in [5.74, 6) is 1.16. The van der Waals surface area contributed by atoms with E-state index in [1.807, 2.05) is 17.5 Å². The molecule has 1 aliphatic carbocycles. The third-order valence-electron chi connectivity index (χ3n) is 6.99. The molecule has 9 heteroatoms. The van der Waals surface area contributed by atoms with E-state index < -0.39 is 0 Å². The van der Waals surface area contributed by atoms with E-state index in [0.717, 1.165) is 34.8 Å². The maximum atomic E-state index is 13.4. The average molecular weight is 515 g/mol.